The van der Waals surface area contributed by atoms with Gasteiger partial charge in [-0.2, -0.15) is 0 Å². The Labute approximate surface area is 121 Å². The van der Waals surface area contributed by atoms with Crippen LogP contribution in [0, 0.1) is 15.9 Å². The Kier molecular flexibility index (Phi) is 4.72. The summed E-state index contributed by atoms with van der Waals surface area (Å²) < 4.78 is 18.5. The minimum atomic E-state index is -1.15. The standard InChI is InChI=1S/C13H17FN2O5/c1-13(2,3)15(7-12(17)18)9-6-11(21-4)8(14)5-10(9)16(19)20/h5-6H,7H2,1-4H3,(H,17,18). The molecule has 0 aliphatic rings. The van der Waals surface area contributed by atoms with E-state index in [9.17, 15) is 19.3 Å². The number of nitrogens with zero attached hydrogens (tertiary/aromatic N) is 2. The number of aliphatic carboxylic acids is 1. The van der Waals surface area contributed by atoms with E-state index in [4.69, 9.17) is 9.84 Å². The molecule has 1 aromatic rings. The zero-order valence-electron chi connectivity index (χ0n) is 12.2. The first-order chi connectivity index (χ1) is 9.57. The molecule has 116 valence electrons. The summed E-state index contributed by atoms with van der Waals surface area (Å²) in [6.45, 7) is 4.65. The number of rotatable bonds is 5. The van der Waals surface area contributed by atoms with E-state index in [1.165, 1.54) is 12.0 Å². The van der Waals surface area contributed by atoms with Crippen LogP contribution in [0.15, 0.2) is 12.1 Å². The molecular weight excluding hydrogens is 283 g/mol. The Morgan fingerprint density at radius 3 is 2.43 bits per heavy atom. The molecule has 0 unspecified atom stereocenters. The van der Waals surface area contributed by atoms with Gasteiger partial charge in [0.15, 0.2) is 11.6 Å². The summed E-state index contributed by atoms with van der Waals surface area (Å²) in [5.74, 6) is -2.21. The van der Waals surface area contributed by atoms with Crippen molar-refractivity contribution in [2.45, 2.75) is 26.3 Å². The van der Waals surface area contributed by atoms with E-state index in [1.54, 1.807) is 20.8 Å². The van der Waals surface area contributed by atoms with Crippen LogP contribution in [0.3, 0.4) is 0 Å². The van der Waals surface area contributed by atoms with Crippen molar-refractivity contribution in [3.05, 3.63) is 28.1 Å². The molecule has 7 nitrogen and oxygen atoms in total. The Morgan fingerprint density at radius 2 is 2.05 bits per heavy atom. The van der Waals surface area contributed by atoms with Crippen LogP contribution < -0.4 is 9.64 Å². The molecule has 0 heterocycles. The van der Waals surface area contributed by atoms with E-state index in [0.29, 0.717) is 0 Å². The second-order valence-electron chi connectivity index (χ2n) is 5.38. The Bertz CT molecular complexity index is 568. The monoisotopic (exact) mass is 300 g/mol. The molecular formula is C13H17FN2O5. The molecule has 1 N–H and O–H groups in total. The topological polar surface area (TPSA) is 92.9 Å². The number of nitro benzene ring substituents is 1. The van der Waals surface area contributed by atoms with Gasteiger partial charge < -0.3 is 14.7 Å². The van der Waals surface area contributed by atoms with E-state index < -0.39 is 34.5 Å². The lowest BCUT2D eigenvalue weighted by Crippen LogP contribution is -2.45. The van der Waals surface area contributed by atoms with Gasteiger partial charge in [0.1, 0.15) is 12.2 Å². The molecule has 0 saturated carbocycles. The average molecular weight is 300 g/mol. The van der Waals surface area contributed by atoms with Crippen molar-refractivity contribution < 1.29 is 24.0 Å². The summed E-state index contributed by atoms with van der Waals surface area (Å²) in [5.41, 5.74) is -1.23. The predicted molar refractivity (Wildman–Crippen MR) is 74.3 cm³/mol. The number of anilines is 1. The fourth-order valence-corrected chi connectivity index (χ4v) is 1.87. The molecule has 0 bridgehead atoms. The van der Waals surface area contributed by atoms with Gasteiger partial charge in [0.25, 0.3) is 5.69 Å². The molecule has 0 fully saturated rings. The Balaban J connectivity index is 3.54. The second-order valence-corrected chi connectivity index (χ2v) is 5.38. The second kappa shape index (κ2) is 5.94. The summed E-state index contributed by atoms with van der Waals surface area (Å²) in [5, 5.41) is 20.1. The summed E-state index contributed by atoms with van der Waals surface area (Å²) in [6.07, 6.45) is 0. The maximum absolute atomic E-state index is 13.6. The van der Waals surface area contributed by atoms with Gasteiger partial charge in [0.2, 0.25) is 0 Å². The van der Waals surface area contributed by atoms with Crippen LogP contribution in [-0.2, 0) is 4.79 Å². The molecule has 0 saturated heterocycles. The first-order valence-electron chi connectivity index (χ1n) is 6.09. The summed E-state index contributed by atoms with van der Waals surface area (Å²) in [4.78, 5) is 22.7. The van der Waals surface area contributed by atoms with Crippen LogP contribution in [0.1, 0.15) is 20.8 Å². The van der Waals surface area contributed by atoms with Crippen molar-refractivity contribution in [1.29, 1.82) is 0 Å². The van der Waals surface area contributed by atoms with Crippen molar-refractivity contribution in [3.63, 3.8) is 0 Å². The van der Waals surface area contributed by atoms with Crippen LogP contribution in [-0.4, -0.2) is 35.2 Å². The molecule has 0 amide bonds. The third kappa shape index (κ3) is 3.80. The molecule has 1 aromatic carbocycles. The maximum atomic E-state index is 13.6. The lowest BCUT2D eigenvalue weighted by atomic mass is 10.0. The lowest BCUT2D eigenvalue weighted by molar-refractivity contribution is -0.384. The van der Waals surface area contributed by atoms with Gasteiger partial charge in [0, 0.05) is 11.6 Å². The number of ether oxygens (including phenoxy) is 1. The van der Waals surface area contributed by atoms with Gasteiger partial charge in [0.05, 0.1) is 18.1 Å². The largest absolute Gasteiger partial charge is 0.494 e. The van der Waals surface area contributed by atoms with E-state index in [-0.39, 0.29) is 11.4 Å². The fourth-order valence-electron chi connectivity index (χ4n) is 1.87. The SMILES string of the molecule is COc1cc(N(CC(=O)O)C(C)(C)C)c([N+](=O)[O-])cc1F. The van der Waals surface area contributed by atoms with Crippen LogP contribution in [0.4, 0.5) is 15.8 Å². The molecule has 21 heavy (non-hydrogen) atoms. The highest BCUT2D eigenvalue weighted by molar-refractivity contribution is 5.77. The smallest absolute Gasteiger partial charge is 0.323 e. The maximum Gasteiger partial charge on any atom is 0.323 e. The Morgan fingerprint density at radius 1 is 1.48 bits per heavy atom. The number of nitro groups is 1. The number of carbonyl (C=O) groups is 1. The minimum absolute atomic E-state index is 0.00634. The molecule has 0 aliphatic heterocycles. The van der Waals surface area contributed by atoms with Gasteiger partial charge in [-0.1, -0.05) is 0 Å². The van der Waals surface area contributed by atoms with E-state index in [0.717, 1.165) is 12.1 Å². The van der Waals surface area contributed by atoms with Crippen molar-refractivity contribution in [1.82, 2.24) is 0 Å². The van der Waals surface area contributed by atoms with Crippen molar-refractivity contribution in [2.75, 3.05) is 18.6 Å². The number of hydrogen-bond acceptors (Lipinski definition) is 5. The number of halogens is 1. The highest BCUT2D eigenvalue weighted by Crippen LogP contribution is 2.37. The molecule has 0 atom stereocenters. The quantitative estimate of drug-likeness (QED) is 0.663. The van der Waals surface area contributed by atoms with Crippen LogP contribution >= 0.6 is 0 Å². The number of methoxy groups -OCH3 is 1. The zero-order chi connectivity index (χ0) is 16.4. The van der Waals surface area contributed by atoms with Crippen LogP contribution in [0.2, 0.25) is 0 Å². The van der Waals surface area contributed by atoms with E-state index in [1.807, 2.05) is 0 Å². The van der Waals surface area contributed by atoms with Crippen LogP contribution in [0.25, 0.3) is 0 Å². The number of benzene rings is 1. The normalized spacial score (nSPS) is 11.1. The fraction of sp³-hybridized carbons (Fsp3) is 0.462. The lowest BCUT2D eigenvalue weighted by Gasteiger charge is -2.36. The summed E-state index contributed by atoms with van der Waals surface area (Å²) in [7, 11) is 1.23. The molecule has 0 aliphatic carbocycles. The van der Waals surface area contributed by atoms with E-state index >= 15 is 0 Å². The highest BCUT2D eigenvalue weighted by atomic mass is 19.1. The molecule has 8 heteroatoms. The molecule has 0 spiro atoms. The first-order valence-corrected chi connectivity index (χ1v) is 6.09. The zero-order valence-corrected chi connectivity index (χ0v) is 12.2. The van der Waals surface area contributed by atoms with Crippen LogP contribution in [0.5, 0.6) is 5.75 Å². The number of carboxylic acid groups (broad SMARTS) is 1. The summed E-state index contributed by atoms with van der Waals surface area (Å²) in [6, 6.07) is 1.87. The third-order valence-electron chi connectivity index (χ3n) is 2.84. The minimum Gasteiger partial charge on any atom is -0.494 e. The number of hydrogen-bond donors (Lipinski definition) is 1. The van der Waals surface area contributed by atoms with Crippen molar-refractivity contribution >= 4 is 17.3 Å². The van der Waals surface area contributed by atoms with Gasteiger partial charge in [-0.25, -0.2) is 4.39 Å². The van der Waals surface area contributed by atoms with Gasteiger partial charge in [-0.15, -0.1) is 0 Å². The molecule has 0 aromatic heterocycles. The average Bonchev–Trinajstić information content (AvgIpc) is 2.34. The first kappa shape index (κ1) is 16.7. The van der Waals surface area contributed by atoms with Crippen molar-refractivity contribution in [2.24, 2.45) is 0 Å². The van der Waals surface area contributed by atoms with Gasteiger partial charge >= 0.3 is 5.97 Å². The summed E-state index contributed by atoms with van der Waals surface area (Å²) >= 11 is 0. The van der Waals surface area contributed by atoms with Gasteiger partial charge in [-0.3, -0.25) is 14.9 Å². The predicted octanol–water partition coefficient (Wildman–Crippen LogP) is 2.43. The van der Waals surface area contributed by atoms with E-state index in [2.05, 4.69) is 0 Å². The van der Waals surface area contributed by atoms with Crippen molar-refractivity contribution in [3.8, 4) is 5.75 Å². The molecule has 1 rings (SSSR count). The highest BCUT2D eigenvalue weighted by Gasteiger charge is 2.31. The Hall–Kier alpha value is -2.38. The van der Waals surface area contributed by atoms with Gasteiger partial charge in [-0.05, 0) is 20.8 Å². The third-order valence-corrected chi connectivity index (χ3v) is 2.84. The molecule has 0 radical (unpaired) electrons. The number of carboxylic acids is 1.